The summed E-state index contributed by atoms with van der Waals surface area (Å²) in [4.78, 5) is 5.07. The molecule has 17 heavy (non-hydrogen) atoms. The van der Waals surface area contributed by atoms with Crippen molar-refractivity contribution in [2.24, 2.45) is 5.92 Å². The van der Waals surface area contributed by atoms with E-state index in [0.717, 1.165) is 12.8 Å². The monoisotopic (exact) mass is 244 g/mol. The first kappa shape index (κ1) is 12.2. The molecule has 2 rings (SSSR count). The first-order valence-corrected chi connectivity index (χ1v) is 5.77. The van der Waals surface area contributed by atoms with Gasteiger partial charge in [0.1, 0.15) is 0 Å². The Labute approximate surface area is 98.5 Å². The summed E-state index contributed by atoms with van der Waals surface area (Å²) in [6.07, 6.45) is 2.21. The number of pyridine rings is 1. The standard InChI is InChI=1S/C12H15F3N2/c1-7(2)17(6-8-3-4-8)12-10(14)5-9(13)11(15)16-12/h5,7-8H,3-4,6H2,1-2H3. The molecule has 1 saturated carbocycles. The third-order valence-electron chi connectivity index (χ3n) is 2.92. The van der Waals surface area contributed by atoms with Crippen LogP contribution in [-0.4, -0.2) is 17.6 Å². The van der Waals surface area contributed by atoms with E-state index < -0.39 is 17.6 Å². The van der Waals surface area contributed by atoms with Crippen molar-refractivity contribution in [2.45, 2.75) is 32.7 Å². The minimum Gasteiger partial charge on any atom is -0.351 e. The molecule has 1 aliphatic rings. The highest BCUT2D eigenvalue weighted by molar-refractivity contribution is 5.41. The Kier molecular flexibility index (Phi) is 3.26. The Bertz CT molecular complexity index is 416. The van der Waals surface area contributed by atoms with Gasteiger partial charge in [0.05, 0.1) is 0 Å². The van der Waals surface area contributed by atoms with Crippen molar-refractivity contribution in [2.75, 3.05) is 11.4 Å². The van der Waals surface area contributed by atoms with Gasteiger partial charge in [-0.1, -0.05) is 0 Å². The SMILES string of the molecule is CC(C)N(CC1CC1)c1nc(F)c(F)cc1F. The van der Waals surface area contributed by atoms with E-state index in [9.17, 15) is 13.2 Å². The molecule has 1 aromatic rings. The second-order valence-corrected chi connectivity index (χ2v) is 4.76. The maximum Gasteiger partial charge on any atom is 0.251 e. The zero-order chi connectivity index (χ0) is 12.6. The number of anilines is 1. The van der Waals surface area contributed by atoms with E-state index in [1.165, 1.54) is 0 Å². The minimum atomic E-state index is -1.25. The molecule has 0 atom stereocenters. The summed E-state index contributed by atoms with van der Waals surface area (Å²) in [6.45, 7) is 4.40. The third-order valence-corrected chi connectivity index (χ3v) is 2.92. The molecule has 0 aliphatic heterocycles. The van der Waals surface area contributed by atoms with Crippen LogP contribution in [0.2, 0.25) is 0 Å². The maximum absolute atomic E-state index is 13.6. The number of rotatable bonds is 4. The number of nitrogens with zero attached hydrogens (tertiary/aromatic N) is 2. The molecule has 1 heterocycles. The van der Waals surface area contributed by atoms with E-state index in [4.69, 9.17) is 0 Å². The van der Waals surface area contributed by atoms with Crippen molar-refractivity contribution >= 4 is 5.82 Å². The van der Waals surface area contributed by atoms with Gasteiger partial charge in [-0.15, -0.1) is 0 Å². The van der Waals surface area contributed by atoms with E-state index in [1.54, 1.807) is 4.90 Å². The molecule has 2 nitrogen and oxygen atoms in total. The fourth-order valence-electron chi connectivity index (χ4n) is 1.76. The van der Waals surface area contributed by atoms with E-state index in [1.807, 2.05) is 13.8 Å². The summed E-state index contributed by atoms with van der Waals surface area (Å²) in [5.41, 5.74) is 0. The van der Waals surface area contributed by atoms with Crippen LogP contribution >= 0.6 is 0 Å². The highest BCUT2D eigenvalue weighted by Gasteiger charge is 2.28. The molecule has 1 aliphatic carbocycles. The van der Waals surface area contributed by atoms with Crippen LogP contribution in [0.5, 0.6) is 0 Å². The van der Waals surface area contributed by atoms with Gasteiger partial charge >= 0.3 is 0 Å². The molecular weight excluding hydrogens is 229 g/mol. The number of aromatic nitrogens is 1. The molecule has 0 aromatic carbocycles. The number of halogens is 3. The topological polar surface area (TPSA) is 16.1 Å². The molecule has 0 amide bonds. The molecule has 0 saturated heterocycles. The van der Waals surface area contributed by atoms with Crippen LogP contribution in [0.4, 0.5) is 19.0 Å². The van der Waals surface area contributed by atoms with Gasteiger partial charge in [-0.25, -0.2) is 8.78 Å². The van der Waals surface area contributed by atoms with Crippen molar-refractivity contribution in [1.29, 1.82) is 0 Å². The van der Waals surface area contributed by atoms with Crippen molar-refractivity contribution < 1.29 is 13.2 Å². The third kappa shape index (κ3) is 2.70. The lowest BCUT2D eigenvalue weighted by Crippen LogP contribution is -2.34. The van der Waals surface area contributed by atoms with Gasteiger partial charge in [-0.3, -0.25) is 0 Å². The predicted molar refractivity (Wildman–Crippen MR) is 59.3 cm³/mol. The lowest BCUT2D eigenvalue weighted by molar-refractivity contribution is 0.459. The van der Waals surface area contributed by atoms with E-state index in [2.05, 4.69) is 4.98 Å². The lowest BCUT2D eigenvalue weighted by atomic mass is 10.2. The summed E-state index contributed by atoms with van der Waals surface area (Å²) >= 11 is 0. The van der Waals surface area contributed by atoms with Crippen molar-refractivity contribution in [1.82, 2.24) is 4.98 Å². The molecule has 1 aromatic heterocycles. The maximum atomic E-state index is 13.6. The molecule has 0 bridgehead atoms. The van der Waals surface area contributed by atoms with Crippen LogP contribution in [0.15, 0.2) is 6.07 Å². The van der Waals surface area contributed by atoms with E-state index in [-0.39, 0.29) is 11.9 Å². The summed E-state index contributed by atoms with van der Waals surface area (Å²) < 4.78 is 39.5. The van der Waals surface area contributed by atoms with Crippen molar-refractivity contribution in [3.8, 4) is 0 Å². The number of hydrogen-bond donors (Lipinski definition) is 0. The summed E-state index contributed by atoms with van der Waals surface area (Å²) in [6, 6.07) is 0.558. The first-order valence-electron chi connectivity index (χ1n) is 5.77. The minimum absolute atomic E-state index is 0.00228. The highest BCUT2D eigenvalue weighted by atomic mass is 19.2. The second kappa shape index (κ2) is 4.55. The van der Waals surface area contributed by atoms with Crippen LogP contribution in [0, 0.1) is 23.5 Å². The number of hydrogen-bond acceptors (Lipinski definition) is 2. The van der Waals surface area contributed by atoms with E-state index in [0.29, 0.717) is 18.5 Å². The highest BCUT2D eigenvalue weighted by Crippen LogP contribution is 2.32. The Morgan fingerprint density at radius 3 is 2.47 bits per heavy atom. The Balaban J connectivity index is 2.30. The van der Waals surface area contributed by atoms with Crippen LogP contribution in [-0.2, 0) is 0 Å². The van der Waals surface area contributed by atoms with Crippen LogP contribution < -0.4 is 4.90 Å². The average Bonchev–Trinajstić information content (AvgIpc) is 3.04. The lowest BCUT2D eigenvalue weighted by Gasteiger charge is -2.28. The average molecular weight is 244 g/mol. The van der Waals surface area contributed by atoms with Gasteiger partial charge in [-0.2, -0.15) is 9.37 Å². The second-order valence-electron chi connectivity index (χ2n) is 4.76. The summed E-state index contributed by atoms with van der Waals surface area (Å²) in [7, 11) is 0. The Morgan fingerprint density at radius 2 is 1.94 bits per heavy atom. The smallest absolute Gasteiger partial charge is 0.251 e. The zero-order valence-corrected chi connectivity index (χ0v) is 9.88. The largest absolute Gasteiger partial charge is 0.351 e. The van der Waals surface area contributed by atoms with E-state index >= 15 is 0 Å². The van der Waals surface area contributed by atoms with Gasteiger partial charge in [0.25, 0.3) is 5.95 Å². The normalized spacial score (nSPS) is 15.4. The molecule has 0 radical (unpaired) electrons. The summed E-state index contributed by atoms with van der Waals surface area (Å²) in [5, 5.41) is 0. The molecule has 5 heteroatoms. The van der Waals surface area contributed by atoms with Gasteiger partial charge in [0, 0.05) is 18.7 Å². The van der Waals surface area contributed by atoms with Crippen LogP contribution in [0.3, 0.4) is 0 Å². The van der Waals surface area contributed by atoms with Crippen LogP contribution in [0.25, 0.3) is 0 Å². The molecule has 94 valence electrons. The summed E-state index contributed by atoms with van der Waals surface area (Å²) in [5.74, 6) is -2.88. The fraction of sp³-hybridized carbons (Fsp3) is 0.583. The fourth-order valence-corrected chi connectivity index (χ4v) is 1.76. The molecule has 1 fully saturated rings. The van der Waals surface area contributed by atoms with Crippen molar-refractivity contribution in [3.05, 3.63) is 23.6 Å². The van der Waals surface area contributed by atoms with Gasteiger partial charge < -0.3 is 4.90 Å². The first-order chi connectivity index (χ1) is 7.99. The molecule has 0 spiro atoms. The Morgan fingerprint density at radius 1 is 1.29 bits per heavy atom. The predicted octanol–water partition coefficient (Wildman–Crippen LogP) is 3.12. The molecular formula is C12H15F3N2. The van der Waals surface area contributed by atoms with Gasteiger partial charge in [0.15, 0.2) is 17.5 Å². The Hall–Kier alpha value is -1.26. The quantitative estimate of drug-likeness (QED) is 0.756. The van der Waals surface area contributed by atoms with Crippen molar-refractivity contribution in [3.63, 3.8) is 0 Å². The zero-order valence-electron chi connectivity index (χ0n) is 9.88. The molecule has 0 unspecified atom stereocenters. The molecule has 0 N–H and O–H groups in total. The van der Waals surface area contributed by atoms with Gasteiger partial charge in [-0.05, 0) is 32.6 Å². The van der Waals surface area contributed by atoms with Crippen LogP contribution in [0.1, 0.15) is 26.7 Å². The van der Waals surface area contributed by atoms with Gasteiger partial charge in [0.2, 0.25) is 0 Å².